The van der Waals surface area contributed by atoms with E-state index < -0.39 is 0 Å². The van der Waals surface area contributed by atoms with Crippen LogP contribution in [-0.4, -0.2) is 40.7 Å². The molecule has 1 fully saturated rings. The Morgan fingerprint density at radius 2 is 2.12 bits per heavy atom. The van der Waals surface area contributed by atoms with Crippen molar-refractivity contribution in [3.05, 3.63) is 33.6 Å². The molecule has 25 heavy (non-hydrogen) atoms. The molecule has 0 bridgehead atoms. The molecule has 0 radical (unpaired) electrons. The van der Waals surface area contributed by atoms with E-state index in [2.05, 4.69) is 35.4 Å². The number of carbonyl (C=O) groups is 1. The van der Waals surface area contributed by atoms with Crippen LogP contribution in [0.2, 0.25) is 0 Å². The van der Waals surface area contributed by atoms with E-state index >= 15 is 0 Å². The van der Waals surface area contributed by atoms with Crippen LogP contribution in [0, 0.1) is 5.92 Å². The maximum absolute atomic E-state index is 12.7. The molecule has 2 aromatic heterocycles. The van der Waals surface area contributed by atoms with Crippen molar-refractivity contribution in [2.24, 2.45) is 5.92 Å². The van der Waals surface area contributed by atoms with Gasteiger partial charge in [0.2, 0.25) is 0 Å². The summed E-state index contributed by atoms with van der Waals surface area (Å²) in [5, 5.41) is 7.57. The van der Waals surface area contributed by atoms with Gasteiger partial charge in [-0.05, 0) is 69.8 Å². The molecule has 0 spiro atoms. The molecule has 1 N–H and O–H groups in total. The molecule has 0 aromatic carbocycles. The van der Waals surface area contributed by atoms with Gasteiger partial charge >= 0.3 is 0 Å². The van der Waals surface area contributed by atoms with Crippen LogP contribution in [0.15, 0.2) is 18.3 Å². The number of nitrogens with one attached hydrogen (secondary N) is 1. The van der Waals surface area contributed by atoms with Crippen molar-refractivity contribution < 1.29 is 4.79 Å². The van der Waals surface area contributed by atoms with Crippen molar-refractivity contribution in [2.75, 3.05) is 25.5 Å². The van der Waals surface area contributed by atoms with Crippen molar-refractivity contribution in [2.45, 2.75) is 45.1 Å². The van der Waals surface area contributed by atoms with Crippen LogP contribution < -0.4 is 5.32 Å². The first-order chi connectivity index (χ1) is 12.1. The second-order valence-corrected chi connectivity index (χ2v) is 8.69. The Morgan fingerprint density at radius 1 is 1.32 bits per heavy atom. The highest BCUT2D eigenvalue weighted by atomic mass is 32.1. The number of fused-ring (bicyclic) bond motifs is 1. The number of aromatic nitrogens is 2. The zero-order chi connectivity index (χ0) is 17.4. The maximum Gasteiger partial charge on any atom is 0.266 e. The zero-order valence-corrected chi connectivity index (χ0v) is 15.8. The van der Waals surface area contributed by atoms with Gasteiger partial charge in [-0.3, -0.25) is 4.79 Å². The summed E-state index contributed by atoms with van der Waals surface area (Å²) in [6.07, 6.45) is 7.39. The van der Waals surface area contributed by atoms with Crippen LogP contribution in [0.25, 0.3) is 0 Å². The summed E-state index contributed by atoms with van der Waals surface area (Å²) in [6.45, 7) is 4.45. The minimum Gasteiger partial charge on any atom is -0.306 e. The van der Waals surface area contributed by atoms with Crippen molar-refractivity contribution in [3.63, 3.8) is 0 Å². The quantitative estimate of drug-likeness (QED) is 0.912. The molecule has 3 heterocycles. The van der Waals surface area contributed by atoms with Crippen LogP contribution in [0.3, 0.4) is 0 Å². The number of nitrogens with zero attached hydrogens (tertiary/aromatic N) is 3. The van der Waals surface area contributed by atoms with E-state index in [0.29, 0.717) is 6.04 Å². The fourth-order valence-corrected chi connectivity index (χ4v) is 5.04. The van der Waals surface area contributed by atoms with Gasteiger partial charge in [0.1, 0.15) is 5.82 Å². The summed E-state index contributed by atoms with van der Waals surface area (Å²) in [5.74, 6) is 1.55. The Bertz CT molecular complexity index is 757. The van der Waals surface area contributed by atoms with Gasteiger partial charge in [-0.25, -0.2) is 4.68 Å². The molecule has 134 valence electrons. The molecule has 4 rings (SSSR count). The van der Waals surface area contributed by atoms with Crippen molar-refractivity contribution >= 4 is 23.1 Å². The number of thiophene rings is 1. The fraction of sp³-hybridized carbons (Fsp3) is 0.579. The monoisotopic (exact) mass is 358 g/mol. The summed E-state index contributed by atoms with van der Waals surface area (Å²) in [5.41, 5.74) is 1.37. The smallest absolute Gasteiger partial charge is 0.266 e. The lowest BCUT2D eigenvalue weighted by Crippen LogP contribution is -2.32. The topological polar surface area (TPSA) is 50.2 Å². The normalized spacial score (nSPS) is 21.9. The van der Waals surface area contributed by atoms with E-state index in [4.69, 9.17) is 0 Å². The second-order valence-electron chi connectivity index (χ2n) is 7.56. The molecule has 1 atom stereocenters. The predicted octanol–water partition coefficient (Wildman–Crippen LogP) is 3.59. The Labute approximate surface area is 153 Å². The van der Waals surface area contributed by atoms with Crippen LogP contribution in [0.1, 0.15) is 52.3 Å². The third-order valence-corrected chi connectivity index (χ3v) is 6.73. The predicted molar refractivity (Wildman–Crippen MR) is 101 cm³/mol. The van der Waals surface area contributed by atoms with Crippen LogP contribution in [-0.2, 0) is 12.8 Å². The van der Waals surface area contributed by atoms with Crippen molar-refractivity contribution in [3.8, 4) is 0 Å². The SMILES string of the molecule is CC1CCc2sc(C(=O)Nc3ccnn3C3CCN(C)CC3)cc2C1. The number of aryl methyl sites for hydroxylation is 1. The molecule has 5 nitrogen and oxygen atoms in total. The van der Waals surface area contributed by atoms with Crippen molar-refractivity contribution in [1.29, 1.82) is 0 Å². The Kier molecular flexibility index (Phi) is 4.65. The number of hydrogen-bond donors (Lipinski definition) is 1. The molecule has 2 aliphatic rings. The maximum atomic E-state index is 12.7. The summed E-state index contributed by atoms with van der Waals surface area (Å²) >= 11 is 1.66. The standard InChI is InChI=1S/C19H26N4OS/c1-13-3-4-16-14(11-13)12-17(25-16)19(24)21-18-5-8-20-23(18)15-6-9-22(2)10-7-15/h5,8,12-13,15H,3-4,6-7,9-11H2,1-2H3,(H,21,24). The first-order valence-electron chi connectivity index (χ1n) is 9.25. The molecule has 1 aliphatic carbocycles. The number of piperidine rings is 1. The highest BCUT2D eigenvalue weighted by Crippen LogP contribution is 2.33. The molecule has 2 aromatic rings. The minimum atomic E-state index is 0.00160. The van der Waals surface area contributed by atoms with Gasteiger partial charge in [-0.1, -0.05) is 6.92 Å². The summed E-state index contributed by atoms with van der Waals surface area (Å²) in [4.78, 5) is 17.3. The van der Waals surface area contributed by atoms with E-state index in [1.165, 1.54) is 16.9 Å². The largest absolute Gasteiger partial charge is 0.306 e. The first kappa shape index (κ1) is 16.8. The molecule has 1 unspecified atom stereocenters. The van der Waals surface area contributed by atoms with E-state index in [0.717, 1.165) is 55.4 Å². The highest BCUT2D eigenvalue weighted by molar-refractivity contribution is 7.14. The van der Waals surface area contributed by atoms with Crippen LogP contribution >= 0.6 is 11.3 Å². The lowest BCUT2D eigenvalue weighted by atomic mass is 9.90. The van der Waals surface area contributed by atoms with Gasteiger partial charge in [0.15, 0.2) is 0 Å². The van der Waals surface area contributed by atoms with Gasteiger partial charge in [-0.15, -0.1) is 11.3 Å². The van der Waals surface area contributed by atoms with Gasteiger partial charge in [0.25, 0.3) is 5.91 Å². The Hall–Kier alpha value is -1.66. The molecule has 0 saturated carbocycles. The Morgan fingerprint density at radius 3 is 2.92 bits per heavy atom. The van der Waals surface area contributed by atoms with Gasteiger partial charge in [0.05, 0.1) is 17.1 Å². The fourth-order valence-electron chi connectivity index (χ4n) is 3.94. The van der Waals surface area contributed by atoms with Crippen LogP contribution in [0.5, 0.6) is 0 Å². The van der Waals surface area contributed by atoms with Gasteiger partial charge in [0, 0.05) is 10.9 Å². The zero-order valence-electron chi connectivity index (χ0n) is 15.0. The van der Waals surface area contributed by atoms with E-state index in [9.17, 15) is 4.79 Å². The average molecular weight is 359 g/mol. The minimum absolute atomic E-state index is 0.00160. The molecule has 1 amide bonds. The number of carbonyl (C=O) groups excluding carboxylic acids is 1. The first-order valence-corrected chi connectivity index (χ1v) is 10.1. The molecular weight excluding hydrogens is 332 g/mol. The third kappa shape index (κ3) is 3.51. The number of likely N-dealkylation sites (tertiary alicyclic amines) is 1. The van der Waals surface area contributed by atoms with Gasteiger partial charge in [-0.2, -0.15) is 5.10 Å². The average Bonchev–Trinajstić information content (AvgIpc) is 3.22. The lowest BCUT2D eigenvalue weighted by Gasteiger charge is -2.29. The molecule has 1 saturated heterocycles. The lowest BCUT2D eigenvalue weighted by molar-refractivity contribution is 0.102. The number of anilines is 1. The molecule has 1 aliphatic heterocycles. The van der Waals surface area contributed by atoms with E-state index in [-0.39, 0.29) is 5.91 Å². The summed E-state index contributed by atoms with van der Waals surface area (Å²) < 4.78 is 2.00. The van der Waals surface area contributed by atoms with Crippen molar-refractivity contribution in [1.82, 2.24) is 14.7 Å². The number of hydrogen-bond acceptors (Lipinski definition) is 4. The number of rotatable bonds is 3. The molecule has 6 heteroatoms. The third-order valence-electron chi connectivity index (χ3n) is 5.50. The van der Waals surface area contributed by atoms with E-state index in [1.54, 1.807) is 17.5 Å². The van der Waals surface area contributed by atoms with E-state index in [1.807, 2.05) is 10.7 Å². The highest BCUT2D eigenvalue weighted by Gasteiger charge is 2.23. The summed E-state index contributed by atoms with van der Waals surface area (Å²) in [6, 6.07) is 4.38. The number of amides is 1. The molecular formula is C19H26N4OS. The second kappa shape index (κ2) is 6.92. The van der Waals surface area contributed by atoms with Crippen LogP contribution in [0.4, 0.5) is 5.82 Å². The summed E-state index contributed by atoms with van der Waals surface area (Å²) in [7, 11) is 2.15. The van der Waals surface area contributed by atoms with Gasteiger partial charge < -0.3 is 10.2 Å². The Balaban J connectivity index is 1.48.